The van der Waals surface area contributed by atoms with E-state index < -0.39 is 5.97 Å². The molecule has 0 spiro atoms. The van der Waals surface area contributed by atoms with Crippen LogP contribution in [-0.4, -0.2) is 58.1 Å². The lowest BCUT2D eigenvalue weighted by molar-refractivity contribution is -0.116. The molecular formula is C60H61N5O9. The van der Waals surface area contributed by atoms with E-state index in [1.807, 2.05) is 104 Å². The highest BCUT2D eigenvalue weighted by atomic mass is 16.5. The predicted octanol–water partition coefficient (Wildman–Crippen LogP) is 11.5. The first kappa shape index (κ1) is 51.9. The van der Waals surface area contributed by atoms with Crippen molar-refractivity contribution < 1.29 is 43.2 Å². The topological polar surface area (TPSA) is 200 Å². The Kier molecular flexibility index (Phi) is 18.0. The smallest absolute Gasteiger partial charge is 0.337 e. The maximum atomic E-state index is 12.5. The van der Waals surface area contributed by atoms with Gasteiger partial charge in [0.05, 0.1) is 36.3 Å². The highest BCUT2D eigenvalue weighted by molar-refractivity contribution is 6.01. The quantitative estimate of drug-likeness (QED) is 0.0581. The molecule has 14 nitrogen and oxygen atoms in total. The van der Waals surface area contributed by atoms with Crippen LogP contribution in [0.1, 0.15) is 88.9 Å². The molecule has 2 fully saturated rings. The minimum Gasteiger partial charge on any atom is -0.490 e. The van der Waals surface area contributed by atoms with Crippen molar-refractivity contribution in [3.8, 4) is 34.5 Å². The van der Waals surface area contributed by atoms with Gasteiger partial charge < -0.3 is 45.7 Å². The van der Waals surface area contributed by atoms with E-state index in [1.165, 1.54) is 6.07 Å². The largest absolute Gasteiger partial charge is 0.490 e. The summed E-state index contributed by atoms with van der Waals surface area (Å²) in [6.07, 6.45) is 9.81. The number of carboxylic acid groups (broad SMARTS) is 1. The zero-order valence-electron chi connectivity index (χ0n) is 41.3. The molecule has 1 aromatic heterocycles. The molecule has 1 heterocycles. The third-order valence-corrected chi connectivity index (χ3v) is 12.8. The summed E-state index contributed by atoms with van der Waals surface area (Å²) < 4.78 is 24.1. The number of anilines is 2. The van der Waals surface area contributed by atoms with Crippen molar-refractivity contribution >= 4 is 35.1 Å². The van der Waals surface area contributed by atoms with Gasteiger partial charge in [-0.1, -0.05) is 60.7 Å². The Morgan fingerprint density at radius 1 is 0.527 bits per heavy atom. The summed E-state index contributed by atoms with van der Waals surface area (Å²) in [6, 6.07) is 49.7. The third kappa shape index (κ3) is 15.8. The van der Waals surface area contributed by atoms with Crippen LogP contribution in [0.25, 0.3) is 0 Å². The molecule has 0 atom stereocenters. The van der Waals surface area contributed by atoms with E-state index in [-0.39, 0.29) is 53.6 Å². The van der Waals surface area contributed by atoms with Crippen LogP contribution in [-0.2, 0) is 22.4 Å². The maximum absolute atomic E-state index is 12.5. The molecule has 0 bridgehead atoms. The van der Waals surface area contributed by atoms with Crippen molar-refractivity contribution in [2.45, 2.75) is 95.4 Å². The van der Waals surface area contributed by atoms with Crippen LogP contribution in [0.15, 0.2) is 170 Å². The lowest BCUT2D eigenvalue weighted by Gasteiger charge is -2.29. The molecule has 6 N–H and O–H groups in total. The number of hydrogen-bond acceptors (Lipinski definition) is 10. The summed E-state index contributed by atoms with van der Waals surface area (Å²) in [5.74, 6) is 2.76. The molecule has 7 aromatic rings. The fraction of sp³-hybridized carbons (Fsp3) is 0.250. The number of hydrogen-bond donors (Lipinski definition) is 5. The van der Waals surface area contributed by atoms with Crippen LogP contribution in [0.5, 0.6) is 34.5 Å². The number of nitrogens with two attached hydrogens (primary N) is 1. The fourth-order valence-electron chi connectivity index (χ4n) is 8.72. The van der Waals surface area contributed by atoms with Gasteiger partial charge in [0, 0.05) is 24.0 Å². The number of aryl methyl sites for hydroxylation is 1. The van der Waals surface area contributed by atoms with Crippen LogP contribution in [0.2, 0.25) is 0 Å². The number of ether oxygens (including phenoxy) is 4. The minimum absolute atomic E-state index is 0.0384. The van der Waals surface area contributed by atoms with Gasteiger partial charge >= 0.3 is 5.97 Å². The summed E-state index contributed by atoms with van der Waals surface area (Å²) in [6.45, 7) is 1.98. The fourth-order valence-corrected chi connectivity index (χ4v) is 8.72. The number of nitrogens with zero attached hydrogens (tertiary/aromatic N) is 1. The average Bonchev–Trinajstić information content (AvgIpc) is 3.41. The molecule has 0 aliphatic heterocycles. The van der Waals surface area contributed by atoms with Crippen molar-refractivity contribution in [3.63, 3.8) is 0 Å². The molecule has 2 aliphatic carbocycles. The van der Waals surface area contributed by atoms with Gasteiger partial charge in [0.1, 0.15) is 40.2 Å². The number of benzene rings is 6. The Hall–Kier alpha value is -8.49. The number of para-hydroxylation sites is 2. The highest BCUT2D eigenvalue weighted by Gasteiger charge is 2.25. The van der Waals surface area contributed by atoms with Gasteiger partial charge in [0.25, 0.3) is 5.91 Å². The summed E-state index contributed by atoms with van der Waals surface area (Å²) in [5, 5.41) is 18.0. The van der Waals surface area contributed by atoms with E-state index in [2.05, 4.69) is 20.9 Å². The first-order valence-electron chi connectivity index (χ1n) is 25.0. The summed E-state index contributed by atoms with van der Waals surface area (Å²) in [7, 11) is 0. The van der Waals surface area contributed by atoms with Crippen molar-refractivity contribution in [3.05, 3.63) is 198 Å². The molecule has 380 valence electrons. The van der Waals surface area contributed by atoms with Gasteiger partial charge in [0.2, 0.25) is 11.8 Å². The standard InChI is InChI=1S/C33H31N3O6.C27H30N2O3/c37-31(36-29-6-2-1-5-28(29)33(39)40)21-22-8-12-24(13-9-22)41-26-16-18-27(19-17-26)42-25-14-10-23(11-15-25)35-32(38)30-7-3-4-20-34-30;1-19-4-2-3-5-26(19)29-27(30)18-20-6-10-22(11-7-20)31-24-14-16-25(17-15-24)32-23-12-8-21(28)9-13-23/h1-9,12-13,16-20,23,25H,10-11,14-15,21H2,(H,35,38)(H,36,37)(H,39,40);2-7,10-11,14-17,21,23H,8-9,12-13,18,28H2,1H3,(H,29,30). The molecule has 2 aliphatic rings. The van der Waals surface area contributed by atoms with Crippen LogP contribution >= 0.6 is 0 Å². The Morgan fingerprint density at radius 2 is 0.959 bits per heavy atom. The number of amides is 3. The lowest BCUT2D eigenvalue weighted by atomic mass is 9.93. The molecule has 14 heteroatoms. The number of carbonyl (C=O) groups is 4. The Bertz CT molecular complexity index is 2940. The molecule has 9 rings (SSSR count). The number of nitrogens with one attached hydrogen (secondary N) is 3. The third-order valence-electron chi connectivity index (χ3n) is 12.8. The number of pyridine rings is 1. The van der Waals surface area contributed by atoms with Crippen LogP contribution in [0.4, 0.5) is 11.4 Å². The Labute approximate surface area is 431 Å². The van der Waals surface area contributed by atoms with E-state index >= 15 is 0 Å². The second-order valence-electron chi connectivity index (χ2n) is 18.5. The van der Waals surface area contributed by atoms with Crippen molar-refractivity contribution in [2.24, 2.45) is 5.73 Å². The van der Waals surface area contributed by atoms with Crippen molar-refractivity contribution in [2.75, 3.05) is 10.6 Å². The second kappa shape index (κ2) is 25.8. The van der Waals surface area contributed by atoms with Gasteiger partial charge in [-0.2, -0.15) is 0 Å². The van der Waals surface area contributed by atoms with Gasteiger partial charge in [0.15, 0.2) is 0 Å². The number of carbonyl (C=O) groups excluding carboxylic acids is 3. The van der Waals surface area contributed by atoms with Gasteiger partial charge in [-0.3, -0.25) is 19.4 Å². The Balaban J connectivity index is 0.000000204. The summed E-state index contributed by atoms with van der Waals surface area (Å²) in [5.41, 5.74) is 10.3. The molecule has 6 aromatic carbocycles. The lowest BCUT2D eigenvalue weighted by Crippen LogP contribution is -2.40. The SMILES string of the molecule is Cc1ccccc1NC(=O)Cc1ccc(Oc2ccc(OC3CCC(N)CC3)cc2)cc1.O=C(Cc1ccc(Oc2ccc(OC3CCC(NC(=O)c4ccccn4)CC3)cc2)cc1)Nc1ccccc1C(=O)O. The van der Waals surface area contributed by atoms with Crippen LogP contribution in [0, 0.1) is 6.92 Å². The van der Waals surface area contributed by atoms with Crippen molar-refractivity contribution in [1.82, 2.24) is 10.3 Å². The van der Waals surface area contributed by atoms with Crippen LogP contribution < -0.4 is 40.6 Å². The van der Waals surface area contributed by atoms with E-state index in [0.717, 1.165) is 96.7 Å². The predicted molar refractivity (Wildman–Crippen MR) is 284 cm³/mol. The molecule has 0 unspecified atom stereocenters. The summed E-state index contributed by atoms with van der Waals surface area (Å²) >= 11 is 0. The van der Waals surface area contributed by atoms with E-state index in [0.29, 0.717) is 29.7 Å². The first-order valence-corrected chi connectivity index (χ1v) is 25.0. The summed E-state index contributed by atoms with van der Waals surface area (Å²) in [4.78, 5) is 52.6. The van der Waals surface area contributed by atoms with E-state index in [9.17, 15) is 24.3 Å². The maximum Gasteiger partial charge on any atom is 0.337 e. The van der Waals surface area contributed by atoms with Gasteiger partial charge in [-0.25, -0.2) is 4.79 Å². The monoisotopic (exact) mass is 995 g/mol. The van der Waals surface area contributed by atoms with Gasteiger partial charge in [-0.05, 0) is 178 Å². The highest BCUT2D eigenvalue weighted by Crippen LogP contribution is 2.30. The van der Waals surface area contributed by atoms with Crippen LogP contribution in [0.3, 0.4) is 0 Å². The zero-order valence-corrected chi connectivity index (χ0v) is 41.3. The Morgan fingerprint density at radius 3 is 1.45 bits per heavy atom. The van der Waals surface area contributed by atoms with E-state index in [1.54, 1.807) is 66.9 Å². The molecule has 3 amide bonds. The molecular weight excluding hydrogens is 935 g/mol. The minimum atomic E-state index is -1.10. The number of aromatic nitrogens is 1. The van der Waals surface area contributed by atoms with Gasteiger partial charge in [-0.15, -0.1) is 0 Å². The van der Waals surface area contributed by atoms with Crippen molar-refractivity contribution in [1.29, 1.82) is 0 Å². The second-order valence-corrected chi connectivity index (χ2v) is 18.5. The molecule has 74 heavy (non-hydrogen) atoms. The number of rotatable bonds is 17. The first-order chi connectivity index (χ1) is 36.0. The molecule has 0 saturated heterocycles. The zero-order chi connectivity index (χ0) is 51.7. The molecule has 0 radical (unpaired) electrons. The number of carboxylic acids is 1. The number of aromatic carboxylic acids is 1. The molecule has 2 saturated carbocycles. The van der Waals surface area contributed by atoms with E-state index in [4.69, 9.17) is 24.7 Å². The normalized spacial score (nSPS) is 17.0. The average molecular weight is 996 g/mol.